The summed E-state index contributed by atoms with van der Waals surface area (Å²) in [4.78, 5) is 4.24. The molecule has 0 saturated heterocycles. The van der Waals surface area contributed by atoms with Crippen molar-refractivity contribution < 1.29 is 8.81 Å². The maximum Gasteiger partial charge on any atom is 0.153 e. The molecule has 0 spiro atoms. The van der Waals surface area contributed by atoms with Crippen LogP contribution in [-0.2, 0) is 6.54 Å². The molecular weight excluding hydrogens is 295 g/mol. The average molecular weight is 308 g/mol. The molecule has 0 atom stereocenters. The largest absolute Gasteiger partial charge is 0.459 e. The number of hydrogen-bond acceptors (Lipinski definition) is 4. The topological polar surface area (TPSA) is 55.9 Å². The summed E-state index contributed by atoms with van der Waals surface area (Å²) >= 11 is 0. The maximum atomic E-state index is 13.2. The van der Waals surface area contributed by atoms with Crippen molar-refractivity contribution in [3.63, 3.8) is 0 Å². The van der Waals surface area contributed by atoms with Crippen LogP contribution in [0.3, 0.4) is 0 Å². The van der Waals surface area contributed by atoms with Gasteiger partial charge in [0, 0.05) is 11.6 Å². The van der Waals surface area contributed by atoms with E-state index in [0.29, 0.717) is 12.1 Å². The highest BCUT2D eigenvalue weighted by molar-refractivity contribution is 5.77. The molecule has 3 heterocycles. The second kappa shape index (κ2) is 5.57. The number of hydrogen-bond donors (Lipinski definition) is 1. The van der Waals surface area contributed by atoms with Gasteiger partial charge in [0.1, 0.15) is 17.2 Å². The Morgan fingerprint density at radius 3 is 3.00 bits per heavy atom. The van der Waals surface area contributed by atoms with Gasteiger partial charge in [-0.25, -0.2) is 14.1 Å². The molecular formula is C17H13FN4O. The second-order valence-electron chi connectivity index (χ2n) is 5.11. The van der Waals surface area contributed by atoms with Gasteiger partial charge in [0.05, 0.1) is 24.6 Å². The van der Waals surface area contributed by atoms with Crippen molar-refractivity contribution >= 4 is 16.7 Å². The fourth-order valence-corrected chi connectivity index (χ4v) is 2.37. The summed E-state index contributed by atoms with van der Waals surface area (Å²) in [6.07, 6.45) is 5.29. The van der Waals surface area contributed by atoms with Crippen molar-refractivity contribution in [3.05, 3.63) is 72.6 Å². The van der Waals surface area contributed by atoms with Crippen LogP contribution in [0.4, 0.5) is 10.1 Å². The van der Waals surface area contributed by atoms with Gasteiger partial charge in [-0.1, -0.05) is 6.07 Å². The standard InChI is InChI=1S/C17H13FN4O/c18-13-4-5-16-12(7-13)8-15(23-16)10-20-14-9-21-22(11-14)17-3-1-2-6-19-17/h1-9,11,20H,10H2. The summed E-state index contributed by atoms with van der Waals surface area (Å²) in [6, 6.07) is 12.0. The van der Waals surface area contributed by atoms with E-state index in [1.54, 1.807) is 23.1 Å². The predicted octanol–water partition coefficient (Wildman–Crippen LogP) is 3.76. The summed E-state index contributed by atoms with van der Waals surface area (Å²) in [5, 5.41) is 8.25. The first-order valence-corrected chi connectivity index (χ1v) is 7.16. The number of halogens is 1. The zero-order valence-electron chi connectivity index (χ0n) is 12.1. The van der Waals surface area contributed by atoms with Crippen LogP contribution < -0.4 is 5.32 Å². The third kappa shape index (κ3) is 2.78. The van der Waals surface area contributed by atoms with E-state index < -0.39 is 0 Å². The number of anilines is 1. The third-order valence-electron chi connectivity index (χ3n) is 3.46. The second-order valence-corrected chi connectivity index (χ2v) is 5.11. The van der Waals surface area contributed by atoms with Gasteiger partial charge < -0.3 is 9.73 Å². The molecule has 0 amide bonds. The Labute approximate surface area is 131 Å². The zero-order valence-corrected chi connectivity index (χ0v) is 12.1. The summed E-state index contributed by atoms with van der Waals surface area (Å²) in [5.74, 6) is 1.21. The molecule has 0 bridgehead atoms. The molecule has 5 nitrogen and oxygen atoms in total. The van der Waals surface area contributed by atoms with Gasteiger partial charge >= 0.3 is 0 Å². The van der Waals surface area contributed by atoms with Gasteiger partial charge in [0.15, 0.2) is 5.82 Å². The van der Waals surface area contributed by atoms with E-state index in [9.17, 15) is 4.39 Å². The first-order valence-electron chi connectivity index (χ1n) is 7.16. The Balaban J connectivity index is 1.49. The van der Waals surface area contributed by atoms with Crippen LogP contribution in [0.1, 0.15) is 5.76 Å². The van der Waals surface area contributed by atoms with Gasteiger partial charge in [-0.15, -0.1) is 0 Å². The van der Waals surface area contributed by atoms with Crippen molar-refractivity contribution in [1.82, 2.24) is 14.8 Å². The van der Waals surface area contributed by atoms with Crippen molar-refractivity contribution in [3.8, 4) is 5.82 Å². The first-order chi connectivity index (χ1) is 11.3. The smallest absolute Gasteiger partial charge is 0.153 e. The Hall–Kier alpha value is -3.15. The minimum absolute atomic E-state index is 0.269. The van der Waals surface area contributed by atoms with E-state index in [1.165, 1.54) is 12.1 Å². The Bertz CT molecular complexity index is 946. The Morgan fingerprint density at radius 2 is 2.13 bits per heavy atom. The lowest BCUT2D eigenvalue weighted by Crippen LogP contribution is -1.98. The number of nitrogens with zero attached hydrogens (tertiary/aromatic N) is 3. The Kier molecular flexibility index (Phi) is 3.27. The summed E-state index contributed by atoms with van der Waals surface area (Å²) < 4.78 is 20.5. The number of furan rings is 1. The van der Waals surface area contributed by atoms with E-state index >= 15 is 0 Å². The van der Waals surface area contributed by atoms with Crippen LogP contribution in [0.2, 0.25) is 0 Å². The lowest BCUT2D eigenvalue weighted by molar-refractivity contribution is 0.558. The quantitative estimate of drug-likeness (QED) is 0.623. The van der Waals surface area contributed by atoms with Gasteiger partial charge in [0.2, 0.25) is 0 Å². The molecule has 114 valence electrons. The lowest BCUT2D eigenvalue weighted by Gasteiger charge is -2.00. The van der Waals surface area contributed by atoms with Crippen LogP contribution in [0.5, 0.6) is 0 Å². The fraction of sp³-hybridized carbons (Fsp3) is 0.0588. The van der Waals surface area contributed by atoms with E-state index in [2.05, 4.69) is 15.4 Å². The van der Waals surface area contributed by atoms with E-state index in [4.69, 9.17) is 4.42 Å². The molecule has 4 aromatic rings. The van der Waals surface area contributed by atoms with Crippen molar-refractivity contribution in [1.29, 1.82) is 0 Å². The van der Waals surface area contributed by atoms with Crippen LogP contribution in [0, 0.1) is 5.82 Å². The minimum atomic E-state index is -0.269. The van der Waals surface area contributed by atoms with Crippen LogP contribution in [0.15, 0.2) is 65.5 Å². The van der Waals surface area contributed by atoms with Gasteiger partial charge in [-0.2, -0.15) is 5.10 Å². The summed E-state index contributed by atoms with van der Waals surface area (Å²) in [7, 11) is 0. The molecule has 0 unspecified atom stereocenters. The molecule has 1 N–H and O–H groups in total. The number of aromatic nitrogens is 3. The molecule has 4 rings (SSSR count). The molecule has 0 aliphatic carbocycles. The van der Waals surface area contributed by atoms with Gasteiger partial charge in [0.25, 0.3) is 0 Å². The summed E-state index contributed by atoms with van der Waals surface area (Å²) in [6.45, 7) is 0.490. The molecule has 0 fully saturated rings. The number of fused-ring (bicyclic) bond motifs is 1. The molecule has 0 aliphatic rings. The zero-order chi connectivity index (χ0) is 15.6. The van der Waals surface area contributed by atoms with E-state index in [1.807, 2.05) is 30.5 Å². The molecule has 6 heteroatoms. The van der Waals surface area contributed by atoms with Crippen molar-refractivity contribution in [2.24, 2.45) is 0 Å². The van der Waals surface area contributed by atoms with Crippen LogP contribution in [-0.4, -0.2) is 14.8 Å². The van der Waals surface area contributed by atoms with E-state index in [-0.39, 0.29) is 5.82 Å². The fourth-order valence-electron chi connectivity index (χ4n) is 2.37. The molecule has 3 aromatic heterocycles. The summed E-state index contributed by atoms with van der Waals surface area (Å²) in [5.41, 5.74) is 1.52. The van der Waals surface area contributed by atoms with Gasteiger partial charge in [-0.3, -0.25) is 0 Å². The van der Waals surface area contributed by atoms with Crippen molar-refractivity contribution in [2.75, 3.05) is 5.32 Å². The van der Waals surface area contributed by atoms with Crippen LogP contribution >= 0.6 is 0 Å². The average Bonchev–Trinajstić information content (AvgIpc) is 3.20. The highest BCUT2D eigenvalue weighted by atomic mass is 19.1. The third-order valence-corrected chi connectivity index (χ3v) is 3.46. The minimum Gasteiger partial charge on any atom is -0.459 e. The normalized spacial score (nSPS) is 11.0. The molecule has 0 aliphatic heterocycles. The van der Waals surface area contributed by atoms with Crippen LogP contribution in [0.25, 0.3) is 16.8 Å². The SMILES string of the molecule is Fc1ccc2oc(CNc3cnn(-c4ccccn4)c3)cc2c1. The highest BCUT2D eigenvalue weighted by Crippen LogP contribution is 2.21. The monoisotopic (exact) mass is 308 g/mol. The molecule has 1 aromatic carbocycles. The molecule has 23 heavy (non-hydrogen) atoms. The predicted molar refractivity (Wildman–Crippen MR) is 84.9 cm³/mol. The lowest BCUT2D eigenvalue weighted by atomic mass is 10.2. The van der Waals surface area contributed by atoms with Gasteiger partial charge in [-0.05, 0) is 36.4 Å². The Morgan fingerprint density at radius 1 is 1.17 bits per heavy atom. The maximum absolute atomic E-state index is 13.2. The number of pyridine rings is 1. The number of nitrogens with one attached hydrogen (secondary N) is 1. The molecule has 0 saturated carbocycles. The number of rotatable bonds is 4. The number of benzene rings is 1. The highest BCUT2D eigenvalue weighted by Gasteiger charge is 2.06. The van der Waals surface area contributed by atoms with Crippen molar-refractivity contribution in [2.45, 2.75) is 6.54 Å². The molecule has 0 radical (unpaired) electrons. The van der Waals surface area contributed by atoms with E-state index in [0.717, 1.165) is 22.7 Å². The first kappa shape index (κ1) is 13.5.